The molecule has 1 fully saturated rings. The van der Waals surface area contributed by atoms with Crippen LogP contribution in [0.1, 0.15) is 53.7 Å². The minimum atomic E-state index is -0.575. The van der Waals surface area contributed by atoms with Crippen molar-refractivity contribution in [1.29, 1.82) is 5.41 Å². The van der Waals surface area contributed by atoms with Crippen LogP contribution >= 0.6 is 23.1 Å². The van der Waals surface area contributed by atoms with Crippen LogP contribution in [0.15, 0.2) is 29.2 Å². The maximum Gasteiger partial charge on any atom is 0.186 e. The number of carbonyl (C=O) groups excluding carboxylic acids is 1. The Hall–Kier alpha value is -1.79. The van der Waals surface area contributed by atoms with Crippen LogP contribution in [0.25, 0.3) is 6.08 Å². The molecule has 6 heteroatoms. The number of allylic oxidation sites excluding steroid dienone is 1. The van der Waals surface area contributed by atoms with Crippen molar-refractivity contribution >= 4 is 40.0 Å². The standard InChI is InChI=1S/C18H19N3OS2/c1-4-14-20-21-18(24-14)15-16(22)13(23-17(15)19)9-11-5-7-12(8-6-11)10(2)3/h5-10,15,19H,4H2,1-3H3. The number of aryl methyl sites for hydroxylation is 1. The van der Waals surface area contributed by atoms with E-state index in [0.29, 0.717) is 20.9 Å². The van der Waals surface area contributed by atoms with E-state index in [0.717, 1.165) is 17.0 Å². The van der Waals surface area contributed by atoms with Gasteiger partial charge >= 0.3 is 0 Å². The number of hydrogen-bond acceptors (Lipinski definition) is 6. The molecule has 1 aliphatic rings. The van der Waals surface area contributed by atoms with Crippen LogP contribution in [0, 0.1) is 5.41 Å². The summed E-state index contributed by atoms with van der Waals surface area (Å²) in [7, 11) is 0. The number of nitrogens with one attached hydrogen (secondary N) is 1. The summed E-state index contributed by atoms with van der Waals surface area (Å²) in [6, 6.07) is 8.21. The molecule has 0 bridgehead atoms. The molecule has 0 saturated carbocycles. The van der Waals surface area contributed by atoms with Crippen LogP contribution in [-0.2, 0) is 11.2 Å². The van der Waals surface area contributed by atoms with Crippen molar-refractivity contribution in [1.82, 2.24) is 10.2 Å². The number of hydrogen-bond donors (Lipinski definition) is 1. The van der Waals surface area contributed by atoms with Crippen LogP contribution in [0.4, 0.5) is 0 Å². The molecular formula is C18H19N3OS2. The van der Waals surface area contributed by atoms with Gasteiger partial charge < -0.3 is 0 Å². The normalized spacial score (nSPS) is 19.7. The van der Waals surface area contributed by atoms with Crippen molar-refractivity contribution in [2.75, 3.05) is 0 Å². The van der Waals surface area contributed by atoms with Crippen LogP contribution < -0.4 is 0 Å². The van der Waals surface area contributed by atoms with Crippen molar-refractivity contribution in [2.24, 2.45) is 0 Å². The van der Waals surface area contributed by atoms with E-state index in [9.17, 15) is 4.79 Å². The van der Waals surface area contributed by atoms with E-state index in [1.54, 1.807) is 0 Å². The Morgan fingerprint density at radius 2 is 1.96 bits per heavy atom. The van der Waals surface area contributed by atoms with Gasteiger partial charge in [-0.2, -0.15) is 0 Å². The highest BCUT2D eigenvalue weighted by molar-refractivity contribution is 8.19. The van der Waals surface area contributed by atoms with Crippen molar-refractivity contribution in [3.05, 3.63) is 50.3 Å². The third-order valence-electron chi connectivity index (χ3n) is 3.92. The average Bonchev–Trinajstić information content (AvgIpc) is 3.13. The molecule has 2 heterocycles. The Morgan fingerprint density at radius 1 is 1.25 bits per heavy atom. The van der Waals surface area contributed by atoms with Gasteiger partial charge in [-0.1, -0.05) is 56.8 Å². The molecule has 1 aromatic heterocycles. The predicted molar refractivity (Wildman–Crippen MR) is 101 cm³/mol. The molecule has 0 aliphatic carbocycles. The Balaban J connectivity index is 1.85. The Bertz CT molecular complexity index is 806. The largest absolute Gasteiger partial charge is 0.297 e. The second-order valence-electron chi connectivity index (χ2n) is 5.98. The SMILES string of the molecule is CCc1nnc(C2C(=N)SC(=Cc3ccc(C(C)C)cc3)C2=O)s1. The van der Waals surface area contributed by atoms with E-state index in [4.69, 9.17) is 5.41 Å². The molecule has 1 aliphatic heterocycles. The van der Waals surface area contributed by atoms with Crippen molar-refractivity contribution in [3.8, 4) is 0 Å². The molecule has 1 atom stereocenters. The molecule has 1 N–H and O–H groups in total. The van der Waals surface area contributed by atoms with Crippen LogP contribution in [0.3, 0.4) is 0 Å². The molecule has 1 saturated heterocycles. The monoisotopic (exact) mass is 357 g/mol. The fourth-order valence-electron chi connectivity index (χ4n) is 2.47. The zero-order chi connectivity index (χ0) is 17.3. The first-order valence-electron chi connectivity index (χ1n) is 7.94. The summed E-state index contributed by atoms with van der Waals surface area (Å²) < 4.78 is 0. The molecule has 24 heavy (non-hydrogen) atoms. The van der Waals surface area contributed by atoms with Gasteiger partial charge in [0.05, 0.1) is 9.95 Å². The van der Waals surface area contributed by atoms with Crippen molar-refractivity contribution in [3.63, 3.8) is 0 Å². The number of Topliss-reactive ketones (excluding diaryl/α,β-unsaturated/α-hetero) is 1. The summed E-state index contributed by atoms with van der Waals surface area (Å²) in [5.41, 5.74) is 2.25. The number of nitrogens with zero attached hydrogens (tertiary/aromatic N) is 2. The number of thioether (sulfide) groups is 1. The fourth-order valence-corrected chi connectivity index (χ4v) is 4.42. The van der Waals surface area contributed by atoms with E-state index < -0.39 is 5.92 Å². The van der Waals surface area contributed by atoms with E-state index in [1.165, 1.54) is 28.7 Å². The number of rotatable bonds is 4. The fraction of sp³-hybridized carbons (Fsp3) is 0.333. The lowest BCUT2D eigenvalue weighted by Gasteiger charge is -2.05. The molecule has 1 aromatic carbocycles. The Morgan fingerprint density at radius 3 is 2.54 bits per heavy atom. The smallest absolute Gasteiger partial charge is 0.186 e. The molecule has 0 radical (unpaired) electrons. The molecular weight excluding hydrogens is 338 g/mol. The van der Waals surface area contributed by atoms with E-state index in [2.05, 4.69) is 36.2 Å². The lowest BCUT2D eigenvalue weighted by molar-refractivity contribution is -0.114. The number of ketones is 1. The molecule has 124 valence electrons. The predicted octanol–water partition coefficient (Wildman–Crippen LogP) is 4.64. The first-order chi connectivity index (χ1) is 11.5. The summed E-state index contributed by atoms with van der Waals surface area (Å²) in [5, 5.41) is 18.2. The van der Waals surface area contributed by atoms with E-state index >= 15 is 0 Å². The molecule has 2 aromatic rings. The van der Waals surface area contributed by atoms with Gasteiger partial charge in [0.15, 0.2) is 5.78 Å². The van der Waals surface area contributed by atoms with Gasteiger partial charge in [0, 0.05) is 0 Å². The second-order valence-corrected chi connectivity index (χ2v) is 8.16. The third-order valence-corrected chi connectivity index (χ3v) is 6.05. The zero-order valence-electron chi connectivity index (χ0n) is 13.9. The summed E-state index contributed by atoms with van der Waals surface area (Å²) in [5.74, 6) is -0.136. The maximum atomic E-state index is 12.7. The highest BCUT2D eigenvalue weighted by atomic mass is 32.2. The van der Waals surface area contributed by atoms with Gasteiger partial charge in [0.2, 0.25) is 0 Å². The molecule has 1 unspecified atom stereocenters. The van der Waals surface area contributed by atoms with Gasteiger partial charge in [0.1, 0.15) is 15.9 Å². The molecule has 4 nitrogen and oxygen atoms in total. The topological polar surface area (TPSA) is 66.7 Å². The Kier molecular flexibility index (Phi) is 4.96. The molecule has 0 amide bonds. The van der Waals surface area contributed by atoms with Crippen LogP contribution in [0.5, 0.6) is 0 Å². The number of carbonyl (C=O) groups is 1. The highest BCUT2D eigenvalue weighted by Crippen LogP contribution is 2.41. The number of aromatic nitrogens is 2. The lowest BCUT2D eigenvalue weighted by Crippen LogP contribution is -2.11. The summed E-state index contributed by atoms with van der Waals surface area (Å²) >= 11 is 2.66. The molecule has 0 spiro atoms. The zero-order valence-corrected chi connectivity index (χ0v) is 15.5. The Labute approximate surface area is 149 Å². The van der Waals surface area contributed by atoms with Crippen LogP contribution in [0.2, 0.25) is 0 Å². The van der Waals surface area contributed by atoms with Gasteiger partial charge in [-0.05, 0) is 29.5 Å². The summed E-state index contributed by atoms with van der Waals surface area (Å²) in [6.45, 7) is 6.32. The summed E-state index contributed by atoms with van der Waals surface area (Å²) in [4.78, 5) is 13.3. The quantitative estimate of drug-likeness (QED) is 0.809. The van der Waals surface area contributed by atoms with Gasteiger partial charge in [-0.25, -0.2) is 0 Å². The maximum absolute atomic E-state index is 12.7. The third kappa shape index (κ3) is 3.35. The first kappa shape index (κ1) is 17.0. The minimum absolute atomic E-state index is 0.0447. The second kappa shape index (κ2) is 6.99. The highest BCUT2D eigenvalue weighted by Gasteiger charge is 2.39. The average molecular weight is 358 g/mol. The van der Waals surface area contributed by atoms with Crippen molar-refractivity contribution in [2.45, 2.75) is 39.0 Å². The number of benzene rings is 1. The minimum Gasteiger partial charge on any atom is -0.297 e. The van der Waals surface area contributed by atoms with Gasteiger partial charge in [0.25, 0.3) is 0 Å². The van der Waals surface area contributed by atoms with E-state index in [-0.39, 0.29) is 5.78 Å². The van der Waals surface area contributed by atoms with Gasteiger partial charge in [-0.3, -0.25) is 10.2 Å². The van der Waals surface area contributed by atoms with Crippen molar-refractivity contribution < 1.29 is 4.79 Å². The first-order valence-corrected chi connectivity index (χ1v) is 9.57. The molecule has 3 rings (SSSR count). The lowest BCUT2D eigenvalue weighted by atomic mass is 10.0. The van der Waals surface area contributed by atoms with Crippen LogP contribution in [-0.4, -0.2) is 21.0 Å². The van der Waals surface area contributed by atoms with Gasteiger partial charge in [-0.15, -0.1) is 21.5 Å². The van der Waals surface area contributed by atoms with E-state index in [1.807, 2.05) is 25.1 Å². The summed E-state index contributed by atoms with van der Waals surface area (Å²) in [6.07, 6.45) is 2.66.